The fourth-order valence-corrected chi connectivity index (χ4v) is 4.42. The highest BCUT2D eigenvalue weighted by atomic mass is 31.2. The van der Waals surface area contributed by atoms with Crippen molar-refractivity contribution in [3.05, 3.63) is 0 Å². The Hall–Kier alpha value is -0.0500. The van der Waals surface area contributed by atoms with Crippen LogP contribution in [0.25, 0.3) is 0 Å². The van der Waals surface area contributed by atoms with E-state index in [1.54, 1.807) is 0 Å². The van der Waals surface area contributed by atoms with E-state index in [4.69, 9.17) is 32.5 Å². The van der Waals surface area contributed by atoms with Crippen LogP contribution in [0.2, 0.25) is 0 Å². The number of hydrogen-bond donors (Lipinski definition) is 0. The molecule has 2 rings (SSSR count). The monoisotopic (exact) mass is 438 g/mol. The molecule has 0 aliphatic carbocycles. The Bertz CT molecular complexity index is 467. The first-order valence-corrected chi connectivity index (χ1v) is 12.6. The summed E-state index contributed by atoms with van der Waals surface area (Å²) in [5, 5.41) is 0. The normalized spacial score (nSPS) is 29.3. The Morgan fingerprint density at radius 1 is 0.862 bits per heavy atom. The van der Waals surface area contributed by atoms with Crippen molar-refractivity contribution in [1.29, 1.82) is 0 Å². The maximum absolute atomic E-state index is 12.8. The molecule has 2 saturated heterocycles. The molecule has 0 aromatic heterocycles. The lowest BCUT2D eigenvalue weighted by molar-refractivity contribution is -0.149. The molecular formula is C20H39O8P. The second-order valence-corrected chi connectivity index (χ2v) is 9.04. The summed E-state index contributed by atoms with van der Waals surface area (Å²) in [5.41, 5.74) is 0. The van der Waals surface area contributed by atoms with Crippen LogP contribution in [0.5, 0.6) is 0 Å². The summed E-state index contributed by atoms with van der Waals surface area (Å²) in [4.78, 5) is 0. The molecule has 0 radical (unpaired) electrons. The molecule has 172 valence electrons. The average molecular weight is 438 g/mol. The first kappa shape index (κ1) is 25.2. The molecule has 0 unspecified atom stereocenters. The summed E-state index contributed by atoms with van der Waals surface area (Å²) in [6.07, 6.45) is 4.50. The first-order valence-electron chi connectivity index (χ1n) is 11.2. The zero-order chi connectivity index (χ0) is 21.0. The molecule has 0 N–H and O–H groups in total. The summed E-state index contributed by atoms with van der Waals surface area (Å²) < 4.78 is 53.1. The van der Waals surface area contributed by atoms with Gasteiger partial charge in [0.15, 0.2) is 6.29 Å². The molecule has 2 fully saturated rings. The van der Waals surface area contributed by atoms with Gasteiger partial charge in [-0.25, -0.2) is 4.57 Å². The van der Waals surface area contributed by atoms with E-state index in [0.29, 0.717) is 46.1 Å². The summed E-state index contributed by atoms with van der Waals surface area (Å²) in [7, 11) is -3.66. The van der Waals surface area contributed by atoms with Crippen molar-refractivity contribution in [3.8, 4) is 0 Å². The highest BCUT2D eigenvalue weighted by Gasteiger charge is 2.50. The lowest BCUT2D eigenvalue weighted by atomic mass is 10.1. The van der Waals surface area contributed by atoms with E-state index in [1.165, 1.54) is 0 Å². The molecule has 0 amide bonds. The molecule has 2 aliphatic rings. The fourth-order valence-electron chi connectivity index (χ4n) is 3.10. The van der Waals surface area contributed by atoms with E-state index in [0.717, 1.165) is 38.5 Å². The van der Waals surface area contributed by atoms with Crippen LogP contribution in [0.1, 0.15) is 65.7 Å². The van der Waals surface area contributed by atoms with Crippen molar-refractivity contribution in [2.45, 2.75) is 90.3 Å². The zero-order valence-electron chi connectivity index (χ0n) is 18.2. The number of phosphoric ester groups is 1. The van der Waals surface area contributed by atoms with Crippen molar-refractivity contribution in [3.63, 3.8) is 0 Å². The summed E-state index contributed by atoms with van der Waals surface area (Å²) >= 11 is 0. The van der Waals surface area contributed by atoms with Crippen molar-refractivity contribution >= 4 is 7.82 Å². The predicted octanol–water partition coefficient (Wildman–Crippen LogP) is 4.46. The van der Waals surface area contributed by atoms with E-state index in [-0.39, 0.29) is 12.2 Å². The van der Waals surface area contributed by atoms with Gasteiger partial charge >= 0.3 is 7.82 Å². The van der Waals surface area contributed by atoms with Crippen LogP contribution >= 0.6 is 7.82 Å². The maximum atomic E-state index is 12.8. The number of phosphoric acid groups is 1. The Balaban J connectivity index is 2.06. The minimum absolute atomic E-state index is 0.339. The quantitative estimate of drug-likeness (QED) is 0.274. The smallest absolute Gasteiger partial charge is 0.379 e. The van der Waals surface area contributed by atoms with Crippen LogP contribution in [-0.2, 0) is 37.1 Å². The van der Waals surface area contributed by atoms with Gasteiger partial charge in [-0.15, -0.1) is 0 Å². The van der Waals surface area contributed by atoms with Crippen molar-refractivity contribution in [2.75, 3.05) is 39.6 Å². The highest BCUT2D eigenvalue weighted by molar-refractivity contribution is 7.48. The molecule has 4 atom stereocenters. The van der Waals surface area contributed by atoms with E-state index in [9.17, 15) is 4.57 Å². The van der Waals surface area contributed by atoms with Gasteiger partial charge in [-0.3, -0.25) is 13.6 Å². The maximum Gasteiger partial charge on any atom is 0.477 e. The van der Waals surface area contributed by atoms with Gasteiger partial charge in [0.05, 0.1) is 19.8 Å². The molecule has 9 heteroatoms. The Morgan fingerprint density at radius 2 is 1.45 bits per heavy atom. The predicted molar refractivity (Wildman–Crippen MR) is 109 cm³/mol. The second-order valence-electron chi connectivity index (χ2n) is 7.42. The number of rotatable bonds is 15. The van der Waals surface area contributed by atoms with Gasteiger partial charge in [-0.05, 0) is 25.7 Å². The van der Waals surface area contributed by atoms with Crippen LogP contribution in [0, 0.1) is 0 Å². The van der Waals surface area contributed by atoms with Crippen LogP contribution in [0.4, 0.5) is 0 Å². The Kier molecular flexibility index (Phi) is 12.3. The molecule has 0 aromatic rings. The molecule has 29 heavy (non-hydrogen) atoms. The second kappa shape index (κ2) is 14.1. The number of hydrogen-bond acceptors (Lipinski definition) is 8. The molecule has 0 aromatic carbocycles. The van der Waals surface area contributed by atoms with Gasteiger partial charge in [-0.2, -0.15) is 0 Å². The van der Waals surface area contributed by atoms with Crippen molar-refractivity contribution < 1.29 is 37.1 Å². The number of unbranched alkanes of at least 4 members (excludes halogenated alkanes) is 3. The van der Waals surface area contributed by atoms with Crippen LogP contribution in [0.3, 0.4) is 0 Å². The topological polar surface area (TPSA) is 81.7 Å². The molecule has 8 nitrogen and oxygen atoms in total. The van der Waals surface area contributed by atoms with E-state index in [1.807, 2.05) is 0 Å². The average Bonchev–Trinajstić information content (AvgIpc) is 3.02. The van der Waals surface area contributed by atoms with Crippen LogP contribution in [-0.4, -0.2) is 64.2 Å². The Morgan fingerprint density at radius 3 is 2.07 bits per heavy atom. The van der Waals surface area contributed by atoms with Gasteiger partial charge in [-0.1, -0.05) is 40.0 Å². The fraction of sp³-hybridized carbons (Fsp3) is 1.00. The Labute approximate surface area is 175 Å². The van der Waals surface area contributed by atoms with Crippen LogP contribution < -0.4 is 0 Å². The summed E-state index contributed by atoms with van der Waals surface area (Å²) in [5.74, 6) is 0. The van der Waals surface area contributed by atoms with Gasteiger partial charge in [0.1, 0.15) is 18.3 Å². The molecular weight excluding hydrogens is 399 g/mol. The molecule has 0 saturated carbocycles. The minimum atomic E-state index is -3.66. The summed E-state index contributed by atoms with van der Waals surface area (Å²) in [6, 6.07) is 0. The first-order chi connectivity index (χ1) is 14.1. The third-order valence-electron chi connectivity index (χ3n) is 4.83. The van der Waals surface area contributed by atoms with E-state index in [2.05, 4.69) is 20.8 Å². The van der Waals surface area contributed by atoms with E-state index >= 15 is 0 Å². The van der Waals surface area contributed by atoms with Gasteiger partial charge in [0.25, 0.3) is 0 Å². The molecule has 2 aliphatic heterocycles. The highest BCUT2D eigenvalue weighted by Crippen LogP contribution is 2.54. The lowest BCUT2D eigenvalue weighted by Gasteiger charge is -2.28. The van der Waals surface area contributed by atoms with Gasteiger partial charge < -0.3 is 18.9 Å². The largest absolute Gasteiger partial charge is 0.477 e. The van der Waals surface area contributed by atoms with Crippen molar-refractivity contribution in [2.24, 2.45) is 0 Å². The standard InChI is InChI=1S/C20H39O8P/c1-4-7-11-22-16-17-18(23-12-8-5-2)19(24-13-9-6-3)20(27-17)28-29(21)25-14-10-15-26-29/h17-20H,4-16H2,1-3H3/t17-,18-,19+,20-/m1/s1. The summed E-state index contributed by atoms with van der Waals surface area (Å²) in [6.45, 7) is 9.20. The zero-order valence-corrected chi connectivity index (χ0v) is 19.1. The van der Waals surface area contributed by atoms with Crippen molar-refractivity contribution in [1.82, 2.24) is 0 Å². The molecule has 2 heterocycles. The van der Waals surface area contributed by atoms with Crippen LogP contribution in [0.15, 0.2) is 0 Å². The van der Waals surface area contributed by atoms with E-state index < -0.39 is 20.2 Å². The minimum Gasteiger partial charge on any atom is -0.379 e. The van der Waals surface area contributed by atoms with Gasteiger partial charge in [0.2, 0.25) is 0 Å². The van der Waals surface area contributed by atoms with Gasteiger partial charge in [0, 0.05) is 19.8 Å². The molecule has 0 spiro atoms. The lowest BCUT2D eigenvalue weighted by Crippen LogP contribution is -2.40. The third-order valence-corrected chi connectivity index (χ3v) is 6.29. The number of ether oxygens (including phenoxy) is 4. The SMILES string of the molecule is CCCCOC[C@H]1O[C@H](OP2(=O)OCCCO2)[C@@H](OCCCC)[C@@H]1OCCCC. The molecule has 0 bridgehead atoms. The third kappa shape index (κ3) is 8.54.